The van der Waals surface area contributed by atoms with E-state index in [1.54, 1.807) is 38.1 Å². The van der Waals surface area contributed by atoms with Crippen LogP contribution in [0.1, 0.15) is 31.7 Å². The third kappa shape index (κ3) is 4.45. The fourth-order valence-corrected chi connectivity index (χ4v) is 1.81. The molecule has 1 atom stereocenters. The third-order valence-corrected chi connectivity index (χ3v) is 3.05. The minimum atomic E-state index is -0.382. The molecule has 98 valence electrons. The monoisotopic (exact) mass is 269 g/mol. The van der Waals surface area contributed by atoms with Crippen LogP contribution in [0.3, 0.4) is 0 Å². The van der Waals surface area contributed by atoms with Gasteiger partial charge in [-0.3, -0.25) is 14.9 Å². The number of ketones is 1. The molecule has 0 N–H and O–H groups in total. The minimum Gasteiger partial charge on any atom is -0.299 e. The van der Waals surface area contributed by atoms with E-state index in [0.717, 1.165) is 5.56 Å². The Morgan fingerprint density at radius 1 is 1.33 bits per heavy atom. The van der Waals surface area contributed by atoms with E-state index in [2.05, 4.69) is 0 Å². The van der Waals surface area contributed by atoms with Crippen molar-refractivity contribution in [2.75, 3.05) is 6.54 Å². The average Bonchev–Trinajstić information content (AvgIpc) is 2.28. The van der Waals surface area contributed by atoms with Crippen LogP contribution in [-0.4, -0.2) is 17.3 Å². The molecule has 5 heteroatoms. The molecule has 18 heavy (non-hydrogen) atoms. The quantitative estimate of drug-likeness (QED) is 0.588. The van der Waals surface area contributed by atoms with Crippen molar-refractivity contribution in [2.45, 2.75) is 26.2 Å². The SMILES string of the molecule is CC(C)C(=O)C[C@@H](C[N+](=O)[O-])c1ccc(Cl)cc1. The van der Waals surface area contributed by atoms with E-state index in [9.17, 15) is 14.9 Å². The van der Waals surface area contributed by atoms with Gasteiger partial charge in [0, 0.05) is 22.3 Å². The molecule has 4 nitrogen and oxygen atoms in total. The summed E-state index contributed by atoms with van der Waals surface area (Å²) in [5.74, 6) is -0.449. The fourth-order valence-electron chi connectivity index (χ4n) is 1.68. The fraction of sp³-hybridized carbons (Fsp3) is 0.462. The Morgan fingerprint density at radius 3 is 2.33 bits per heavy atom. The third-order valence-electron chi connectivity index (χ3n) is 2.80. The lowest BCUT2D eigenvalue weighted by molar-refractivity contribution is -0.483. The number of Topliss-reactive ketones (excluding diaryl/α,β-unsaturated/α-hetero) is 1. The van der Waals surface area contributed by atoms with Gasteiger partial charge in [0.2, 0.25) is 6.54 Å². The number of hydrogen-bond acceptors (Lipinski definition) is 3. The summed E-state index contributed by atoms with van der Waals surface area (Å²) < 4.78 is 0. The first-order valence-electron chi connectivity index (χ1n) is 5.80. The Bertz CT molecular complexity index is 428. The lowest BCUT2D eigenvalue weighted by Gasteiger charge is -2.14. The van der Waals surface area contributed by atoms with Crippen LogP contribution >= 0.6 is 11.6 Å². The zero-order valence-electron chi connectivity index (χ0n) is 10.4. The highest BCUT2D eigenvalue weighted by Gasteiger charge is 2.22. The lowest BCUT2D eigenvalue weighted by atomic mass is 9.90. The highest BCUT2D eigenvalue weighted by Crippen LogP contribution is 2.23. The van der Waals surface area contributed by atoms with E-state index in [1.165, 1.54) is 0 Å². The second kappa shape index (κ2) is 6.50. The van der Waals surface area contributed by atoms with E-state index >= 15 is 0 Å². The van der Waals surface area contributed by atoms with Crippen LogP contribution in [-0.2, 0) is 4.79 Å². The molecule has 1 aromatic rings. The predicted molar refractivity (Wildman–Crippen MR) is 70.5 cm³/mol. The Labute approximate surface area is 111 Å². The van der Waals surface area contributed by atoms with Gasteiger partial charge in [-0.25, -0.2) is 0 Å². The first-order valence-corrected chi connectivity index (χ1v) is 6.18. The van der Waals surface area contributed by atoms with Gasteiger partial charge in [0.15, 0.2) is 0 Å². The van der Waals surface area contributed by atoms with Gasteiger partial charge >= 0.3 is 0 Å². The van der Waals surface area contributed by atoms with Gasteiger partial charge in [0.1, 0.15) is 5.78 Å². The Morgan fingerprint density at radius 2 is 1.89 bits per heavy atom. The van der Waals surface area contributed by atoms with Crippen LogP contribution < -0.4 is 0 Å². The molecule has 0 radical (unpaired) electrons. The van der Waals surface area contributed by atoms with E-state index < -0.39 is 0 Å². The van der Waals surface area contributed by atoms with Crippen molar-refractivity contribution in [3.63, 3.8) is 0 Å². The van der Waals surface area contributed by atoms with E-state index in [1.807, 2.05) is 0 Å². The minimum absolute atomic E-state index is 0.0387. The van der Waals surface area contributed by atoms with Crippen molar-refractivity contribution >= 4 is 17.4 Å². The summed E-state index contributed by atoms with van der Waals surface area (Å²) in [5, 5.41) is 11.2. The van der Waals surface area contributed by atoms with Gasteiger partial charge in [-0.1, -0.05) is 37.6 Å². The van der Waals surface area contributed by atoms with Gasteiger partial charge < -0.3 is 0 Å². The number of benzene rings is 1. The maximum absolute atomic E-state index is 11.7. The second-order valence-corrected chi connectivity index (χ2v) is 5.03. The van der Waals surface area contributed by atoms with Crippen molar-refractivity contribution < 1.29 is 9.72 Å². The van der Waals surface area contributed by atoms with Crippen LogP contribution in [0.15, 0.2) is 24.3 Å². The highest BCUT2D eigenvalue weighted by atomic mass is 35.5. The molecular formula is C13H16ClNO3. The Balaban J connectivity index is 2.87. The molecule has 0 aromatic heterocycles. The number of halogens is 1. The van der Waals surface area contributed by atoms with Crippen molar-refractivity contribution in [2.24, 2.45) is 5.92 Å². The number of hydrogen-bond donors (Lipinski definition) is 0. The maximum Gasteiger partial charge on any atom is 0.211 e. The molecule has 0 amide bonds. The van der Waals surface area contributed by atoms with Crippen LogP contribution in [0.4, 0.5) is 0 Å². The largest absolute Gasteiger partial charge is 0.299 e. The zero-order valence-corrected chi connectivity index (χ0v) is 11.2. The summed E-state index contributed by atoms with van der Waals surface area (Å²) in [6, 6.07) is 6.85. The molecule has 0 unspecified atom stereocenters. The molecule has 1 rings (SSSR count). The Kier molecular flexibility index (Phi) is 5.28. The number of nitro groups is 1. The Hall–Kier alpha value is -1.42. The van der Waals surface area contributed by atoms with E-state index in [-0.39, 0.29) is 35.5 Å². The molecule has 1 aromatic carbocycles. The van der Waals surface area contributed by atoms with E-state index in [4.69, 9.17) is 11.6 Å². The summed E-state index contributed by atoms with van der Waals surface area (Å²) in [5.41, 5.74) is 0.783. The highest BCUT2D eigenvalue weighted by molar-refractivity contribution is 6.30. The van der Waals surface area contributed by atoms with Crippen molar-refractivity contribution in [1.29, 1.82) is 0 Å². The average molecular weight is 270 g/mol. The molecule has 0 heterocycles. The molecule has 0 aliphatic heterocycles. The first kappa shape index (κ1) is 14.6. The standard InChI is InChI=1S/C13H16ClNO3/c1-9(2)13(16)7-11(8-15(17)18)10-3-5-12(14)6-4-10/h3-6,9,11H,7-8H2,1-2H3/t11-/m0/s1. The molecule has 0 aliphatic rings. The van der Waals surface area contributed by atoms with Gasteiger partial charge in [-0.2, -0.15) is 0 Å². The lowest BCUT2D eigenvalue weighted by Crippen LogP contribution is -2.19. The normalized spacial score (nSPS) is 12.4. The van der Waals surface area contributed by atoms with Gasteiger partial charge in [-0.05, 0) is 17.7 Å². The van der Waals surface area contributed by atoms with Crippen LogP contribution in [0.2, 0.25) is 5.02 Å². The van der Waals surface area contributed by atoms with Gasteiger partial charge in [0.05, 0.1) is 5.92 Å². The molecule has 0 bridgehead atoms. The van der Waals surface area contributed by atoms with Crippen LogP contribution in [0.25, 0.3) is 0 Å². The zero-order chi connectivity index (χ0) is 13.7. The molecule has 0 saturated carbocycles. The van der Waals surface area contributed by atoms with Crippen LogP contribution in [0.5, 0.6) is 0 Å². The summed E-state index contributed by atoms with van der Waals surface area (Å²) in [7, 11) is 0. The molecule has 0 spiro atoms. The maximum atomic E-state index is 11.7. The van der Waals surface area contributed by atoms with Crippen molar-refractivity contribution in [3.8, 4) is 0 Å². The van der Waals surface area contributed by atoms with Crippen molar-refractivity contribution in [1.82, 2.24) is 0 Å². The first-order chi connectivity index (χ1) is 8.40. The smallest absolute Gasteiger partial charge is 0.211 e. The van der Waals surface area contributed by atoms with Gasteiger partial charge in [0.25, 0.3) is 0 Å². The number of rotatable bonds is 6. The van der Waals surface area contributed by atoms with Crippen molar-refractivity contribution in [3.05, 3.63) is 45.0 Å². The summed E-state index contributed by atoms with van der Waals surface area (Å²) in [6.45, 7) is 3.36. The molecular weight excluding hydrogens is 254 g/mol. The van der Waals surface area contributed by atoms with E-state index in [0.29, 0.717) is 5.02 Å². The number of carbonyl (C=O) groups excluding carboxylic acids is 1. The van der Waals surface area contributed by atoms with Crippen LogP contribution in [0, 0.1) is 16.0 Å². The summed E-state index contributed by atoms with van der Waals surface area (Å²) in [6.07, 6.45) is 0.195. The summed E-state index contributed by atoms with van der Waals surface area (Å²) >= 11 is 5.78. The molecule has 0 saturated heterocycles. The number of nitrogens with zero attached hydrogens (tertiary/aromatic N) is 1. The van der Waals surface area contributed by atoms with Gasteiger partial charge in [-0.15, -0.1) is 0 Å². The predicted octanol–water partition coefficient (Wildman–Crippen LogP) is 3.32. The second-order valence-electron chi connectivity index (χ2n) is 4.59. The molecule has 0 fully saturated rings. The summed E-state index contributed by atoms with van der Waals surface area (Å²) in [4.78, 5) is 22.0. The topological polar surface area (TPSA) is 60.2 Å². The number of carbonyl (C=O) groups is 1. The molecule has 0 aliphatic carbocycles.